The molecule has 1 aliphatic heterocycles. The van der Waals surface area contributed by atoms with Crippen LogP contribution >= 0.6 is 34.8 Å². The molecule has 11 heteroatoms. The normalized spacial score (nSPS) is 18.8. The fraction of sp³-hybridized carbons (Fsp3) is 0.455. The number of hydrogen-bond acceptors (Lipinski definition) is 5. The zero-order chi connectivity index (χ0) is 24.4. The van der Waals surface area contributed by atoms with Crippen molar-refractivity contribution in [2.75, 3.05) is 30.2 Å². The lowest BCUT2D eigenvalue weighted by molar-refractivity contribution is 0.224. The molecule has 1 saturated heterocycles. The van der Waals surface area contributed by atoms with Crippen molar-refractivity contribution in [1.29, 1.82) is 0 Å². The highest BCUT2D eigenvalue weighted by Crippen LogP contribution is 2.35. The van der Waals surface area contributed by atoms with Crippen molar-refractivity contribution in [1.82, 2.24) is 4.90 Å². The summed E-state index contributed by atoms with van der Waals surface area (Å²) in [6.07, 6.45) is 3.19. The molecule has 2 aromatic carbocycles. The maximum absolute atomic E-state index is 13.7. The van der Waals surface area contributed by atoms with Gasteiger partial charge in [-0.1, -0.05) is 34.8 Å². The first kappa shape index (κ1) is 26.6. The van der Waals surface area contributed by atoms with Gasteiger partial charge in [-0.05, 0) is 75.2 Å². The minimum Gasteiger partial charge on any atom is -0.302 e. The van der Waals surface area contributed by atoms with Crippen LogP contribution in [0.1, 0.15) is 26.2 Å². The average Bonchev–Trinajstić information content (AvgIpc) is 2.74. The standard InChI is InChI=1S/C22H27Cl3N2O4S2/c1-16(11-13-26-12-3-4-20(15-26)32(2,28)29)27(22-14-18(24)7-10-21(22)25)33(30,31)19-8-5-17(23)6-9-19/h5-10,14,16,20H,3-4,11-13,15H2,1-2H3. The maximum Gasteiger partial charge on any atom is 0.264 e. The molecule has 1 heterocycles. The van der Waals surface area contributed by atoms with Crippen LogP contribution in [0.25, 0.3) is 0 Å². The first-order chi connectivity index (χ1) is 15.4. The van der Waals surface area contributed by atoms with Gasteiger partial charge in [0.15, 0.2) is 9.84 Å². The Morgan fingerprint density at radius 1 is 1.03 bits per heavy atom. The molecular formula is C22H27Cl3N2O4S2. The number of rotatable bonds is 8. The summed E-state index contributed by atoms with van der Waals surface area (Å²) in [5.41, 5.74) is 0.291. The van der Waals surface area contributed by atoms with Gasteiger partial charge in [0.05, 0.1) is 20.9 Å². The Labute approximate surface area is 211 Å². The minimum absolute atomic E-state index is 0.0879. The van der Waals surface area contributed by atoms with Crippen molar-refractivity contribution in [3.05, 3.63) is 57.5 Å². The summed E-state index contributed by atoms with van der Waals surface area (Å²) in [4.78, 5) is 2.17. The number of anilines is 1. The number of sulfonamides is 1. The van der Waals surface area contributed by atoms with Crippen molar-refractivity contribution < 1.29 is 16.8 Å². The van der Waals surface area contributed by atoms with Crippen LogP contribution in [-0.4, -0.2) is 58.9 Å². The van der Waals surface area contributed by atoms with Gasteiger partial charge in [-0.15, -0.1) is 0 Å². The van der Waals surface area contributed by atoms with Gasteiger partial charge in [-0.2, -0.15) is 0 Å². The molecule has 0 radical (unpaired) electrons. The number of halogens is 3. The van der Waals surface area contributed by atoms with E-state index in [-0.39, 0.29) is 9.92 Å². The number of nitrogens with zero attached hydrogens (tertiary/aromatic N) is 2. The molecule has 2 aromatic rings. The molecule has 1 aliphatic rings. The fourth-order valence-electron chi connectivity index (χ4n) is 4.03. The Morgan fingerprint density at radius 3 is 2.30 bits per heavy atom. The van der Waals surface area contributed by atoms with Gasteiger partial charge < -0.3 is 4.90 Å². The molecule has 2 unspecified atom stereocenters. The molecule has 3 rings (SSSR count). The van der Waals surface area contributed by atoms with Crippen LogP contribution in [0, 0.1) is 0 Å². The van der Waals surface area contributed by atoms with Crippen molar-refractivity contribution in [2.24, 2.45) is 0 Å². The monoisotopic (exact) mass is 552 g/mol. The highest BCUT2D eigenvalue weighted by atomic mass is 35.5. The smallest absolute Gasteiger partial charge is 0.264 e. The fourth-order valence-corrected chi connectivity index (χ4v) is 7.35. The number of hydrogen-bond donors (Lipinski definition) is 0. The molecule has 182 valence electrons. The lowest BCUT2D eigenvalue weighted by atomic mass is 10.1. The first-order valence-electron chi connectivity index (χ1n) is 10.6. The van der Waals surface area contributed by atoms with Gasteiger partial charge in [0.25, 0.3) is 10.0 Å². The average molecular weight is 554 g/mol. The third kappa shape index (κ3) is 6.55. The van der Waals surface area contributed by atoms with Gasteiger partial charge in [0, 0.05) is 35.4 Å². The van der Waals surface area contributed by atoms with E-state index in [1.807, 2.05) is 6.92 Å². The number of sulfone groups is 1. The molecule has 2 atom stereocenters. The summed E-state index contributed by atoms with van der Waals surface area (Å²) in [5.74, 6) is 0. The maximum atomic E-state index is 13.7. The van der Waals surface area contributed by atoms with E-state index in [0.29, 0.717) is 41.7 Å². The molecule has 0 aliphatic carbocycles. The second-order valence-electron chi connectivity index (χ2n) is 8.38. The molecule has 0 spiro atoms. The Hall–Kier alpha value is -1.03. The SMILES string of the molecule is CC(CCN1CCCC(S(C)(=O)=O)C1)N(c1cc(Cl)ccc1Cl)S(=O)(=O)c1ccc(Cl)cc1. The van der Waals surface area contributed by atoms with E-state index in [9.17, 15) is 16.8 Å². The van der Waals surface area contributed by atoms with Crippen LogP contribution in [0.3, 0.4) is 0 Å². The second-order valence-corrected chi connectivity index (χ2v) is 13.8. The third-order valence-electron chi connectivity index (χ3n) is 5.85. The highest BCUT2D eigenvalue weighted by Gasteiger charge is 2.33. The Morgan fingerprint density at radius 2 is 1.67 bits per heavy atom. The van der Waals surface area contributed by atoms with Crippen molar-refractivity contribution >= 4 is 60.4 Å². The van der Waals surface area contributed by atoms with Crippen molar-refractivity contribution in [2.45, 2.75) is 42.4 Å². The number of likely N-dealkylation sites (tertiary alicyclic amines) is 1. The van der Waals surface area contributed by atoms with E-state index in [1.165, 1.54) is 40.9 Å². The number of piperidine rings is 1. The molecule has 0 aromatic heterocycles. The molecule has 0 saturated carbocycles. The number of benzene rings is 2. The van der Waals surface area contributed by atoms with E-state index in [4.69, 9.17) is 34.8 Å². The van der Waals surface area contributed by atoms with Gasteiger partial charge in [-0.3, -0.25) is 4.31 Å². The van der Waals surface area contributed by atoms with Gasteiger partial charge in [0.1, 0.15) is 0 Å². The zero-order valence-corrected chi connectivity index (χ0v) is 22.3. The van der Waals surface area contributed by atoms with E-state index in [2.05, 4.69) is 4.90 Å². The van der Waals surface area contributed by atoms with Gasteiger partial charge in [-0.25, -0.2) is 16.8 Å². The van der Waals surface area contributed by atoms with E-state index in [0.717, 1.165) is 13.0 Å². The van der Waals surface area contributed by atoms with Crippen LogP contribution in [0.2, 0.25) is 15.1 Å². The molecule has 0 amide bonds. The minimum atomic E-state index is -3.98. The quantitative estimate of drug-likeness (QED) is 0.453. The van der Waals surface area contributed by atoms with Crippen LogP contribution < -0.4 is 4.31 Å². The van der Waals surface area contributed by atoms with Crippen LogP contribution in [0.5, 0.6) is 0 Å². The summed E-state index contributed by atoms with van der Waals surface area (Å²) in [7, 11) is -7.10. The zero-order valence-electron chi connectivity index (χ0n) is 18.4. The van der Waals surface area contributed by atoms with Crippen molar-refractivity contribution in [3.8, 4) is 0 Å². The molecule has 0 N–H and O–H groups in total. The molecule has 1 fully saturated rings. The largest absolute Gasteiger partial charge is 0.302 e. The summed E-state index contributed by atoms with van der Waals surface area (Å²) < 4.78 is 52.6. The van der Waals surface area contributed by atoms with E-state index in [1.54, 1.807) is 12.1 Å². The topological polar surface area (TPSA) is 74.8 Å². The van der Waals surface area contributed by atoms with Gasteiger partial charge in [0.2, 0.25) is 0 Å². The Bertz CT molecular complexity index is 1190. The van der Waals surface area contributed by atoms with E-state index >= 15 is 0 Å². The predicted octanol–water partition coefficient (Wildman–Crippen LogP) is 5.13. The van der Waals surface area contributed by atoms with Crippen LogP contribution in [0.15, 0.2) is 47.4 Å². The first-order valence-corrected chi connectivity index (χ1v) is 15.1. The highest BCUT2D eigenvalue weighted by molar-refractivity contribution is 7.93. The second kappa shape index (κ2) is 10.7. The Balaban J connectivity index is 1.89. The summed E-state index contributed by atoms with van der Waals surface area (Å²) in [5, 5.41) is 0.668. The van der Waals surface area contributed by atoms with Crippen LogP contribution in [-0.2, 0) is 19.9 Å². The lowest BCUT2D eigenvalue weighted by Gasteiger charge is -2.35. The summed E-state index contributed by atoms with van der Waals surface area (Å²) >= 11 is 18.5. The lowest BCUT2D eigenvalue weighted by Crippen LogP contribution is -2.45. The third-order valence-corrected chi connectivity index (χ3v) is 10.2. The Kier molecular flexibility index (Phi) is 8.62. The molecule has 0 bridgehead atoms. The predicted molar refractivity (Wildman–Crippen MR) is 136 cm³/mol. The summed E-state index contributed by atoms with van der Waals surface area (Å²) in [6.45, 7) is 3.59. The summed E-state index contributed by atoms with van der Waals surface area (Å²) in [6, 6.07) is 10.2. The van der Waals surface area contributed by atoms with Crippen molar-refractivity contribution in [3.63, 3.8) is 0 Å². The van der Waals surface area contributed by atoms with Gasteiger partial charge >= 0.3 is 0 Å². The molecular weight excluding hydrogens is 527 g/mol. The molecule has 6 nitrogen and oxygen atoms in total. The molecule has 33 heavy (non-hydrogen) atoms. The van der Waals surface area contributed by atoms with E-state index < -0.39 is 31.2 Å². The van der Waals surface area contributed by atoms with Crippen LogP contribution in [0.4, 0.5) is 5.69 Å².